The molecule has 0 saturated carbocycles. The maximum absolute atomic E-state index is 5.92. The summed E-state index contributed by atoms with van der Waals surface area (Å²) in [5.41, 5.74) is 1.25. The molecule has 0 bridgehead atoms. The summed E-state index contributed by atoms with van der Waals surface area (Å²) in [5, 5.41) is 0.764. The molecule has 1 aromatic heterocycles. The van der Waals surface area contributed by atoms with Gasteiger partial charge in [-0.2, -0.15) is 0 Å². The molecule has 2 heterocycles. The van der Waals surface area contributed by atoms with E-state index in [-0.39, 0.29) is 6.10 Å². The molecule has 1 aromatic carbocycles. The molecular formula is C16H18ClN3O2. The normalized spacial score (nSPS) is 19.0. The van der Waals surface area contributed by atoms with E-state index in [1.807, 2.05) is 12.1 Å². The van der Waals surface area contributed by atoms with Crippen molar-refractivity contribution in [3.63, 3.8) is 0 Å². The summed E-state index contributed by atoms with van der Waals surface area (Å²) >= 11 is 5.92. The van der Waals surface area contributed by atoms with E-state index < -0.39 is 0 Å². The fourth-order valence-electron chi connectivity index (χ4n) is 2.40. The lowest BCUT2D eigenvalue weighted by molar-refractivity contribution is -0.0516. The topological polar surface area (TPSA) is 47.5 Å². The molecule has 22 heavy (non-hydrogen) atoms. The Hall–Kier alpha value is -1.69. The van der Waals surface area contributed by atoms with Crippen molar-refractivity contribution in [2.75, 3.05) is 26.3 Å². The molecule has 0 aliphatic carbocycles. The molecule has 0 radical (unpaired) electrons. The van der Waals surface area contributed by atoms with Crippen molar-refractivity contribution in [2.24, 2.45) is 0 Å². The second kappa shape index (κ2) is 7.54. The minimum atomic E-state index is 0.0323. The van der Waals surface area contributed by atoms with Crippen molar-refractivity contribution in [3.8, 4) is 6.01 Å². The number of hydrogen-bond donors (Lipinski definition) is 0. The Balaban J connectivity index is 1.49. The first-order valence-corrected chi connectivity index (χ1v) is 7.65. The molecule has 116 valence electrons. The van der Waals surface area contributed by atoms with Gasteiger partial charge < -0.3 is 9.47 Å². The van der Waals surface area contributed by atoms with Crippen molar-refractivity contribution >= 4 is 11.6 Å². The first kappa shape index (κ1) is 15.2. The maximum atomic E-state index is 5.92. The van der Waals surface area contributed by atoms with Gasteiger partial charge in [-0.15, -0.1) is 0 Å². The van der Waals surface area contributed by atoms with Gasteiger partial charge in [0.1, 0.15) is 12.7 Å². The minimum Gasteiger partial charge on any atom is -0.461 e. The lowest BCUT2D eigenvalue weighted by Gasteiger charge is -2.32. The summed E-state index contributed by atoms with van der Waals surface area (Å²) in [6.07, 6.45) is 3.36. The van der Waals surface area contributed by atoms with Gasteiger partial charge >= 0.3 is 6.01 Å². The van der Waals surface area contributed by atoms with Crippen molar-refractivity contribution < 1.29 is 9.47 Å². The number of benzene rings is 1. The smallest absolute Gasteiger partial charge is 0.316 e. The van der Waals surface area contributed by atoms with Gasteiger partial charge in [0.05, 0.1) is 6.61 Å². The van der Waals surface area contributed by atoms with Crippen LogP contribution in [0.5, 0.6) is 6.01 Å². The standard InChI is InChI=1S/C16H18ClN3O2/c17-14-4-2-13(3-5-14)10-20-8-9-21-15(11-20)12-22-16-18-6-1-7-19-16/h1-7,15H,8-12H2/t15-/m0/s1. The van der Waals surface area contributed by atoms with Crippen LogP contribution in [0.15, 0.2) is 42.7 Å². The van der Waals surface area contributed by atoms with Crippen LogP contribution in [-0.2, 0) is 11.3 Å². The fourth-order valence-corrected chi connectivity index (χ4v) is 2.53. The Bertz CT molecular complexity index is 580. The van der Waals surface area contributed by atoms with E-state index in [0.717, 1.165) is 24.7 Å². The summed E-state index contributed by atoms with van der Waals surface area (Å²) in [4.78, 5) is 10.4. The van der Waals surface area contributed by atoms with Crippen molar-refractivity contribution in [1.29, 1.82) is 0 Å². The molecule has 1 aliphatic heterocycles. The highest BCUT2D eigenvalue weighted by molar-refractivity contribution is 6.30. The van der Waals surface area contributed by atoms with E-state index in [2.05, 4.69) is 27.0 Å². The van der Waals surface area contributed by atoms with Crippen LogP contribution in [0.3, 0.4) is 0 Å². The number of hydrogen-bond acceptors (Lipinski definition) is 5. The predicted octanol–water partition coefficient (Wildman–Crippen LogP) is 2.41. The van der Waals surface area contributed by atoms with Crippen LogP contribution in [-0.4, -0.2) is 47.3 Å². The van der Waals surface area contributed by atoms with Gasteiger partial charge in [-0.05, 0) is 23.8 Å². The monoisotopic (exact) mass is 319 g/mol. The third-order valence-corrected chi connectivity index (χ3v) is 3.73. The van der Waals surface area contributed by atoms with Gasteiger partial charge in [0.15, 0.2) is 0 Å². The van der Waals surface area contributed by atoms with E-state index in [0.29, 0.717) is 19.2 Å². The van der Waals surface area contributed by atoms with Crippen LogP contribution >= 0.6 is 11.6 Å². The highest BCUT2D eigenvalue weighted by atomic mass is 35.5. The highest BCUT2D eigenvalue weighted by Crippen LogP contribution is 2.14. The molecule has 6 heteroatoms. The molecule has 1 saturated heterocycles. The molecule has 5 nitrogen and oxygen atoms in total. The van der Waals surface area contributed by atoms with Gasteiger partial charge in [-0.3, -0.25) is 4.90 Å². The first-order valence-electron chi connectivity index (χ1n) is 7.28. The summed E-state index contributed by atoms with van der Waals surface area (Å²) in [6, 6.07) is 10.1. The van der Waals surface area contributed by atoms with E-state index in [9.17, 15) is 0 Å². The number of nitrogens with zero attached hydrogens (tertiary/aromatic N) is 3. The van der Waals surface area contributed by atoms with Crippen molar-refractivity contribution in [3.05, 3.63) is 53.3 Å². The number of morpholine rings is 1. The largest absolute Gasteiger partial charge is 0.461 e. The Morgan fingerprint density at radius 2 is 2.00 bits per heavy atom. The number of rotatable bonds is 5. The van der Waals surface area contributed by atoms with Crippen LogP contribution in [0.2, 0.25) is 5.02 Å². The third-order valence-electron chi connectivity index (χ3n) is 3.48. The number of halogens is 1. The lowest BCUT2D eigenvalue weighted by atomic mass is 10.2. The average molecular weight is 320 g/mol. The number of ether oxygens (including phenoxy) is 2. The van der Waals surface area contributed by atoms with Crippen LogP contribution in [0.1, 0.15) is 5.56 Å². The molecule has 1 atom stereocenters. The van der Waals surface area contributed by atoms with Gasteiger partial charge in [0, 0.05) is 37.1 Å². The van der Waals surface area contributed by atoms with Gasteiger partial charge in [-0.1, -0.05) is 23.7 Å². The average Bonchev–Trinajstić information content (AvgIpc) is 2.57. The molecule has 0 unspecified atom stereocenters. The SMILES string of the molecule is Clc1ccc(CN2CCO[C@H](COc3ncccn3)C2)cc1. The Kier molecular flexibility index (Phi) is 5.21. The summed E-state index contributed by atoms with van der Waals surface area (Å²) < 4.78 is 11.3. The maximum Gasteiger partial charge on any atom is 0.316 e. The van der Waals surface area contributed by atoms with Gasteiger partial charge in [0.25, 0.3) is 0 Å². The molecule has 0 amide bonds. The molecule has 1 aliphatic rings. The summed E-state index contributed by atoms with van der Waals surface area (Å²) in [7, 11) is 0. The van der Waals surface area contributed by atoms with Crippen LogP contribution in [0.25, 0.3) is 0 Å². The Morgan fingerprint density at radius 3 is 2.77 bits per heavy atom. The van der Waals surface area contributed by atoms with Crippen LogP contribution in [0.4, 0.5) is 0 Å². The van der Waals surface area contributed by atoms with E-state index in [4.69, 9.17) is 21.1 Å². The summed E-state index contributed by atoms with van der Waals surface area (Å²) in [5.74, 6) is 0. The second-order valence-corrected chi connectivity index (χ2v) is 5.63. The van der Waals surface area contributed by atoms with E-state index >= 15 is 0 Å². The predicted molar refractivity (Wildman–Crippen MR) is 84.0 cm³/mol. The third kappa shape index (κ3) is 4.40. The summed E-state index contributed by atoms with van der Waals surface area (Å²) in [6.45, 7) is 3.80. The van der Waals surface area contributed by atoms with Crippen molar-refractivity contribution in [1.82, 2.24) is 14.9 Å². The molecule has 3 rings (SSSR count). The van der Waals surface area contributed by atoms with E-state index in [1.54, 1.807) is 18.5 Å². The van der Waals surface area contributed by atoms with E-state index in [1.165, 1.54) is 5.56 Å². The zero-order valence-corrected chi connectivity index (χ0v) is 12.9. The molecule has 2 aromatic rings. The van der Waals surface area contributed by atoms with Gasteiger partial charge in [0.2, 0.25) is 0 Å². The zero-order valence-electron chi connectivity index (χ0n) is 12.2. The van der Waals surface area contributed by atoms with Crippen molar-refractivity contribution in [2.45, 2.75) is 12.6 Å². The van der Waals surface area contributed by atoms with Crippen LogP contribution < -0.4 is 4.74 Å². The van der Waals surface area contributed by atoms with Crippen LogP contribution in [0, 0.1) is 0 Å². The molecule has 0 spiro atoms. The molecular weight excluding hydrogens is 302 g/mol. The zero-order chi connectivity index (χ0) is 15.2. The first-order chi connectivity index (χ1) is 10.8. The van der Waals surface area contributed by atoms with Gasteiger partial charge in [-0.25, -0.2) is 9.97 Å². The quantitative estimate of drug-likeness (QED) is 0.847. The molecule has 1 fully saturated rings. The Morgan fingerprint density at radius 1 is 1.23 bits per heavy atom. The highest BCUT2D eigenvalue weighted by Gasteiger charge is 2.21. The number of aromatic nitrogens is 2. The molecule has 0 N–H and O–H groups in total. The fraction of sp³-hybridized carbons (Fsp3) is 0.375. The minimum absolute atomic E-state index is 0.0323. The second-order valence-electron chi connectivity index (χ2n) is 5.20. The lowest BCUT2D eigenvalue weighted by Crippen LogP contribution is -2.44. The Labute approximate surface area is 134 Å².